The van der Waals surface area contributed by atoms with Crippen molar-refractivity contribution in [3.63, 3.8) is 0 Å². The van der Waals surface area contributed by atoms with Crippen LogP contribution in [0, 0.1) is 5.92 Å². The van der Waals surface area contributed by atoms with Crippen molar-refractivity contribution in [3.8, 4) is 0 Å². The van der Waals surface area contributed by atoms with Gasteiger partial charge in [-0.3, -0.25) is 0 Å². The van der Waals surface area contributed by atoms with Crippen LogP contribution in [0.15, 0.2) is 0 Å². The first kappa shape index (κ1) is 14.5. The van der Waals surface area contributed by atoms with Crippen LogP contribution in [0.3, 0.4) is 0 Å². The molecular formula is C16H26N2OS. The first-order valence-electron chi connectivity index (χ1n) is 8.03. The molecule has 4 heteroatoms. The zero-order chi connectivity index (χ0) is 13.9. The summed E-state index contributed by atoms with van der Waals surface area (Å²) in [5.74, 6) is 0.675. The second-order valence-corrected chi connectivity index (χ2v) is 7.26. The van der Waals surface area contributed by atoms with Gasteiger partial charge in [0.2, 0.25) is 0 Å². The van der Waals surface area contributed by atoms with Gasteiger partial charge in [-0.2, -0.15) is 0 Å². The van der Waals surface area contributed by atoms with Crippen molar-refractivity contribution < 1.29 is 4.74 Å². The number of hydrogen-bond donors (Lipinski definition) is 1. The van der Waals surface area contributed by atoms with Gasteiger partial charge in [0.25, 0.3) is 0 Å². The maximum Gasteiger partial charge on any atom is 0.122 e. The van der Waals surface area contributed by atoms with Crippen LogP contribution in [0.4, 0.5) is 0 Å². The molecule has 2 unspecified atom stereocenters. The highest BCUT2D eigenvalue weighted by atomic mass is 32.1. The van der Waals surface area contributed by atoms with Crippen LogP contribution in [0.5, 0.6) is 0 Å². The fraction of sp³-hybridized carbons (Fsp3) is 0.812. The maximum atomic E-state index is 5.85. The highest BCUT2D eigenvalue weighted by Crippen LogP contribution is 2.41. The minimum absolute atomic E-state index is 0.225. The van der Waals surface area contributed by atoms with Gasteiger partial charge in [0.05, 0.1) is 11.7 Å². The highest BCUT2D eigenvalue weighted by Gasteiger charge is 2.31. The molecule has 1 N–H and O–H groups in total. The summed E-state index contributed by atoms with van der Waals surface area (Å²) in [6.45, 7) is 0. The molecule has 2 atom stereocenters. The van der Waals surface area contributed by atoms with E-state index in [1.165, 1.54) is 66.9 Å². The van der Waals surface area contributed by atoms with Gasteiger partial charge in [0, 0.05) is 12.0 Å². The Morgan fingerprint density at radius 3 is 2.70 bits per heavy atom. The topological polar surface area (TPSA) is 34.1 Å². The van der Waals surface area contributed by atoms with Gasteiger partial charge >= 0.3 is 0 Å². The van der Waals surface area contributed by atoms with E-state index in [0.717, 1.165) is 0 Å². The first-order valence-corrected chi connectivity index (χ1v) is 8.84. The molecule has 20 heavy (non-hydrogen) atoms. The third-order valence-electron chi connectivity index (χ3n) is 4.89. The Labute approximate surface area is 126 Å². The molecule has 3 rings (SSSR count). The van der Waals surface area contributed by atoms with Crippen molar-refractivity contribution in [1.29, 1.82) is 0 Å². The lowest BCUT2D eigenvalue weighted by atomic mass is 9.85. The van der Waals surface area contributed by atoms with Crippen LogP contribution in [-0.4, -0.2) is 19.1 Å². The number of hydrogen-bond acceptors (Lipinski definition) is 4. The summed E-state index contributed by atoms with van der Waals surface area (Å²) in [5.41, 5.74) is 1.30. The summed E-state index contributed by atoms with van der Waals surface area (Å²) in [4.78, 5) is 6.47. The second kappa shape index (κ2) is 6.54. The van der Waals surface area contributed by atoms with Crippen LogP contribution in [-0.2, 0) is 11.2 Å². The SMILES string of the molecule is CNC1CCCc2sc(C(OC)C3CCCCC3)nc21. The van der Waals surface area contributed by atoms with E-state index < -0.39 is 0 Å². The molecule has 1 heterocycles. The predicted molar refractivity (Wildman–Crippen MR) is 83.2 cm³/mol. The zero-order valence-corrected chi connectivity index (χ0v) is 13.5. The number of aryl methyl sites for hydroxylation is 1. The van der Waals surface area contributed by atoms with Gasteiger partial charge in [0.1, 0.15) is 11.1 Å². The molecule has 112 valence electrons. The van der Waals surface area contributed by atoms with E-state index in [-0.39, 0.29) is 6.10 Å². The summed E-state index contributed by atoms with van der Waals surface area (Å²) in [5, 5.41) is 4.64. The molecule has 1 saturated carbocycles. The lowest BCUT2D eigenvalue weighted by Crippen LogP contribution is -2.21. The lowest BCUT2D eigenvalue weighted by Gasteiger charge is -2.27. The molecule has 3 nitrogen and oxygen atoms in total. The summed E-state index contributed by atoms with van der Waals surface area (Å²) >= 11 is 1.90. The molecule has 0 bridgehead atoms. The van der Waals surface area contributed by atoms with E-state index >= 15 is 0 Å². The van der Waals surface area contributed by atoms with E-state index in [0.29, 0.717) is 12.0 Å². The van der Waals surface area contributed by atoms with Crippen molar-refractivity contribution in [1.82, 2.24) is 10.3 Å². The fourth-order valence-electron chi connectivity index (χ4n) is 3.77. The Balaban J connectivity index is 1.83. The largest absolute Gasteiger partial charge is 0.374 e. The van der Waals surface area contributed by atoms with Gasteiger partial charge in [-0.15, -0.1) is 11.3 Å². The number of thiazole rings is 1. The third kappa shape index (κ3) is 2.78. The Hall–Kier alpha value is -0.450. The standard InChI is InChI=1S/C16H26N2OS/c1-17-12-9-6-10-13-14(12)18-16(20-13)15(19-2)11-7-4-3-5-8-11/h11-12,15,17H,3-10H2,1-2H3. The summed E-state index contributed by atoms with van der Waals surface area (Å²) in [6, 6.07) is 0.451. The minimum Gasteiger partial charge on any atom is -0.374 e. The molecule has 1 fully saturated rings. The molecule has 0 aromatic carbocycles. The molecule has 0 saturated heterocycles. The van der Waals surface area contributed by atoms with E-state index in [4.69, 9.17) is 9.72 Å². The van der Waals surface area contributed by atoms with Gasteiger partial charge in [0.15, 0.2) is 0 Å². The van der Waals surface area contributed by atoms with Gasteiger partial charge < -0.3 is 10.1 Å². The molecule has 1 aromatic rings. The molecule has 1 aromatic heterocycles. The number of aromatic nitrogens is 1. The van der Waals surface area contributed by atoms with Crippen molar-refractivity contribution in [2.75, 3.05) is 14.2 Å². The van der Waals surface area contributed by atoms with Crippen molar-refractivity contribution >= 4 is 11.3 Å². The number of fused-ring (bicyclic) bond motifs is 1. The zero-order valence-electron chi connectivity index (χ0n) is 12.7. The van der Waals surface area contributed by atoms with Gasteiger partial charge in [-0.25, -0.2) is 4.98 Å². The van der Waals surface area contributed by atoms with Crippen molar-refractivity contribution in [2.24, 2.45) is 5.92 Å². The summed E-state index contributed by atoms with van der Waals surface area (Å²) in [6.07, 6.45) is 10.6. The second-order valence-electron chi connectivity index (χ2n) is 6.15. The minimum atomic E-state index is 0.225. The molecule has 0 spiro atoms. The number of rotatable bonds is 4. The average Bonchev–Trinajstić information content (AvgIpc) is 2.92. The van der Waals surface area contributed by atoms with Crippen molar-refractivity contribution in [3.05, 3.63) is 15.6 Å². The average molecular weight is 294 g/mol. The van der Waals surface area contributed by atoms with Crippen LogP contribution >= 0.6 is 11.3 Å². The Morgan fingerprint density at radius 1 is 1.20 bits per heavy atom. The molecule has 0 aliphatic heterocycles. The van der Waals surface area contributed by atoms with Crippen molar-refractivity contribution in [2.45, 2.75) is 63.5 Å². The fourth-order valence-corrected chi connectivity index (χ4v) is 5.11. The Bertz CT molecular complexity index is 440. The molecular weight excluding hydrogens is 268 g/mol. The molecule has 2 aliphatic rings. The van der Waals surface area contributed by atoms with Crippen LogP contribution < -0.4 is 5.32 Å². The smallest absolute Gasteiger partial charge is 0.122 e. The first-order chi connectivity index (χ1) is 9.83. The predicted octanol–water partition coefficient (Wildman–Crippen LogP) is 4.01. The molecule has 2 aliphatic carbocycles. The van der Waals surface area contributed by atoms with Crippen LogP contribution in [0.25, 0.3) is 0 Å². The number of ether oxygens (including phenoxy) is 1. The highest BCUT2D eigenvalue weighted by molar-refractivity contribution is 7.11. The number of nitrogens with zero attached hydrogens (tertiary/aromatic N) is 1. The molecule has 0 amide bonds. The monoisotopic (exact) mass is 294 g/mol. The lowest BCUT2D eigenvalue weighted by molar-refractivity contribution is 0.0351. The van der Waals surface area contributed by atoms with Crippen LogP contribution in [0.2, 0.25) is 0 Å². The Kier molecular flexibility index (Phi) is 4.74. The van der Waals surface area contributed by atoms with Gasteiger partial charge in [-0.1, -0.05) is 19.3 Å². The van der Waals surface area contributed by atoms with E-state index in [1.54, 1.807) is 0 Å². The van der Waals surface area contributed by atoms with E-state index in [2.05, 4.69) is 5.32 Å². The van der Waals surface area contributed by atoms with Crippen LogP contribution in [0.1, 0.15) is 72.7 Å². The van der Waals surface area contributed by atoms with E-state index in [1.807, 2.05) is 25.5 Å². The Morgan fingerprint density at radius 2 is 2.00 bits per heavy atom. The number of methoxy groups -OCH3 is 1. The van der Waals surface area contributed by atoms with E-state index in [9.17, 15) is 0 Å². The normalized spacial score (nSPS) is 25.4. The summed E-state index contributed by atoms with van der Waals surface area (Å²) in [7, 11) is 3.91. The van der Waals surface area contributed by atoms with Gasteiger partial charge in [-0.05, 0) is 45.1 Å². The number of nitrogens with one attached hydrogen (secondary N) is 1. The summed E-state index contributed by atoms with van der Waals surface area (Å²) < 4.78 is 5.85. The quantitative estimate of drug-likeness (QED) is 0.911. The maximum absolute atomic E-state index is 5.85. The molecule has 0 radical (unpaired) electrons. The third-order valence-corrected chi connectivity index (χ3v) is 6.09.